The van der Waals surface area contributed by atoms with Gasteiger partial charge in [0.05, 0.1) is 4.88 Å². The van der Waals surface area contributed by atoms with Gasteiger partial charge in [0, 0.05) is 24.7 Å². The van der Waals surface area contributed by atoms with Crippen molar-refractivity contribution in [1.82, 2.24) is 9.55 Å². The molecule has 18 heavy (non-hydrogen) atoms. The Bertz CT molecular complexity index is 767. The minimum absolute atomic E-state index is 0.0183. The molecule has 0 radical (unpaired) electrons. The number of nitrogens with zero attached hydrogens (tertiary/aromatic N) is 1. The van der Waals surface area contributed by atoms with Crippen LogP contribution in [-0.2, 0) is 13.5 Å². The zero-order chi connectivity index (χ0) is 12.7. The number of aromatic amines is 1. The lowest BCUT2D eigenvalue weighted by molar-refractivity contribution is 0.451. The van der Waals surface area contributed by atoms with Crippen molar-refractivity contribution < 1.29 is 5.11 Å². The van der Waals surface area contributed by atoms with Crippen LogP contribution >= 0.6 is 11.3 Å². The van der Waals surface area contributed by atoms with E-state index in [9.17, 15) is 9.90 Å². The summed E-state index contributed by atoms with van der Waals surface area (Å²) in [7, 11) is 1.99. The number of fused-ring (bicyclic) bond motifs is 1. The van der Waals surface area contributed by atoms with Crippen molar-refractivity contribution in [3.05, 3.63) is 50.6 Å². The second-order valence-corrected chi connectivity index (χ2v) is 5.28. The number of aromatic nitrogens is 2. The number of hydrogen-bond acceptors (Lipinski definition) is 3. The lowest BCUT2D eigenvalue weighted by atomic mass is 10.2. The number of rotatable bonds is 2. The van der Waals surface area contributed by atoms with Gasteiger partial charge in [-0.05, 0) is 17.5 Å². The van der Waals surface area contributed by atoms with Crippen molar-refractivity contribution in [3.63, 3.8) is 0 Å². The molecule has 0 aliphatic heterocycles. The number of aromatic hydroxyl groups is 1. The molecule has 0 unspecified atom stereocenters. The van der Waals surface area contributed by atoms with Crippen LogP contribution in [0.5, 0.6) is 5.88 Å². The highest BCUT2D eigenvalue weighted by atomic mass is 32.1. The van der Waals surface area contributed by atoms with Crippen LogP contribution < -0.4 is 4.87 Å². The van der Waals surface area contributed by atoms with Crippen molar-refractivity contribution in [2.24, 2.45) is 7.05 Å². The van der Waals surface area contributed by atoms with Crippen molar-refractivity contribution in [1.29, 1.82) is 0 Å². The molecular weight excluding hydrogens is 248 g/mol. The molecule has 1 aromatic carbocycles. The maximum atomic E-state index is 11.2. The first-order valence-electron chi connectivity index (χ1n) is 5.59. The Labute approximate surface area is 107 Å². The first-order chi connectivity index (χ1) is 8.65. The molecule has 3 aromatic rings. The predicted molar refractivity (Wildman–Crippen MR) is 72.3 cm³/mol. The Hall–Kier alpha value is -2.01. The molecule has 3 rings (SSSR count). The van der Waals surface area contributed by atoms with Gasteiger partial charge in [-0.25, -0.2) is 0 Å². The summed E-state index contributed by atoms with van der Waals surface area (Å²) in [5, 5.41) is 10.8. The number of H-pyrrole nitrogens is 1. The Morgan fingerprint density at radius 2 is 2.17 bits per heavy atom. The number of para-hydroxylation sites is 1. The summed E-state index contributed by atoms with van der Waals surface area (Å²) < 4.78 is 2.08. The molecule has 2 N–H and O–H groups in total. The van der Waals surface area contributed by atoms with Crippen LogP contribution in [0.3, 0.4) is 0 Å². The molecule has 2 heterocycles. The van der Waals surface area contributed by atoms with Crippen LogP contribution in [0.15, 0.2) is 35.1 Å². The van der Waals surface area contributed by atoms with Gasteiger partial charge >= 0.3 is 4.87 Å². The Balaban J connectivity index is 2.07. The summed E-state index contributed by atoms with van der Waals surface area (Å²) in [5.41, 5.74) is 2.22. The monoisotopic (exact) mass is 260 g/mol. The second kappa shape index (κ2) is 4.03. The van der Waals surface area contributed by atoms with Gasteiger partial charge < -0.3 is 9.67 Å². The van der Waals surface area contributed by atoms with Crippen LogP contribution in [0.2, 0.25) is 0 Å². The summed E-state index contributed by atoms with van der Waals surface area (Å²) in [4.78, 5) is 14.0. The van der Waals surface area contributed by atoms with Crippen LogP contribution in [0.25, 0.3) is 10.9 Å². The molecule has 0 saturated heterocycles. The highest BCUT2D eigenvalue weighted by Gasteiger charge is 2.11. The van der Waals surface area contributed by atoms with Gasteiger partial charge in [0.2, 0.25) is 5.88 Å². The summed E-state index contributed by atoms with van der Waals surface area (Å²) in [6.07, 6.45) is 0.556. The summed E-state index contributed by atoms with van der Waals surface area (Å²) in [6.45, 7) is 0. The molecule has 0 bridgehead atoms. The van der Waals surface area contributed by atoms with Crippen LogP contribution in [0.1, 0.15) is 10.6 Å². The Morgan fingerprint density at radius 3 is 2.83 bits per heavy atom. The summed E-state index contributed by atoms with van der Waals surface area (Å²) >= 11 is 1.05. The fraction of sp³-hybridized carbons (Fsp3) is 0.154. The molecule has 0 saturated carbocycles. The van der Waals surface area contributed by atoms with Crippen molar-refractivity contribution in [2.75, 3.05) is 0 Å². The fourth-order valence-electron chi connectivity index (χ4n) is 2.15. The molecule has 2 aromatic heterocycles. The van der Waals surface area contributed by atoms with E-state index < -0.39 is 0 Å². The Morgan fingerprint density at radius 1 is 1.39 bits per heavy atom. The molecule has 0 fully saturated rings. The van der Waals surface area contributed by atoms with Gasteiger partial charge in [-0.3, -0.25) is 9.78 Å². The average molecular weight is 260 g/mol. The smallest absolute Gasteiger partial charge is 0.307 e. The highest BCUT2D eigenvalue weighted by molar-refractivity contribution is 7.09. The largest absolute Gasteiger partial charge is 0.494 e. The van der Waals surface area contributed by atoms with Crippen molar-refractivity contribution in [3.8, 4) is 5.88 Å². The SMILES string of the molecule is Cn1c(Cc2sc(=O)[nH]c2O)cc2ccccc21. The minimum atomic E-state index is -0.221. The van der Waals surface area contributed by atoms with Crippen LogP contribution in [0.4, 0.5) is 0 Å². The second-order valence-electron chi connectivity index (χ2n) is 4.22. The molecule has 5 heteroatoms. The fourth-order valence-corrected chi connectivity index (χ4v) is 2.89. The van der Waals surface area contributed by atoms with Gasteiger partial charge in [-0.15, -0.1) is 0 Å². The molecule has 0 atom stereocenters. The van der Waals surface area contributed by atoms with E-state index >= 15 is 0 Å². The first kappa shape index (κ1) is 11.1. The molecule has 0 spiro atoms. The highest BCUT2D eigenvalue weighted by Crippen LogP contribution is 2.24. The molecule has 0 aliphatic carbocycles. The third kappa shape index (κ3) is 1.73. The number of hydrogen-bond donors (Lipinski definition) is 2. The van der Waals surface area contributed by atoms with E-state index in [2.05, 4.69) is 27.8 Å². The quantitative estimate of drug-likeness (QED) is 0.742. The zero-order valence-corrected chi connectivity index (χ0v) is 10.6. The third-order valence-electron chi connectivity index (χ3n) is 3.09. The van der Waals surface area contributed by atoms with Gasteiger partial charge in [0.25, 0.3) is 0 Å². The van der Waals surface area contributed by atoms with E-state index in [4.69, 9.17) is 0 Å². The van der Waals surface area contributed by atoms with E-state index in [1.54, 1.807) is 0 Å². The average Bonchev–Trinajstić information content (AvgIpc) is 2.82. The van der Waals surface area contributed by atoms with Crippen molar-refractivity contribution in [2.45, 2.75) is 6.42 Å². The molecule has 0 amide bonds. The Kier molecular flexibility index (Phi) is 2.48. The third-order valence-corrected chi connectivity index (χ3v) is 3.96. The topological polar surface area (TPSA) is 58.0 Å². The van der Waals surface area contributed by atoms with Gasteiger partial charge in [-0.1, -0.05) is 29.5 Å². The molecule has 92 valence electrons. The lowest BCUT2D eigenvalue weighted by Crippen LogP contribution is -1.96. The molecule has 0 aliphatic rings. The summed E-state index contributed by atoms with van der Waals surface area (Å²) in [6, 6.07) is 10.2. The summed E-state index contributed by atoms with van der Waals surface area (Å²) in [5.74, 6) is -0.0183. The number of nitrogens with one attached hydrogen (secondary N) is 1. The van der Waals surface area contributed by atoms with Crippen molar-refractivity contribution >= 4 is 22.2 Å². The predicted octanol–water partition coefficient (Wildman–Crippen LogP) is 2.22. The van der Waals surface area contributed by atoms with Gasteiger partial charge in [-0.2, -0.15) is 0 Å². The minimum Gasteiger partial charge on any atom is -0.494 e. The van der Waals surface area contributed by atoms with E-state index in [0.29, 0.717) is 11.3 Å². The standard InChI is InChI=1S/C13H12N2O2S/c1-15-9(6-8-4-2-3-5-10(8)15)7-11-12(16)14-13(17)18-11/h2-6,16H,7H2,1H3,(H,14,17). The number of aryl methyl sites for hydroxylation is 1. The normalized spacial score (nSPS) is 11.2. The number of thiazole rings is 1. The van der Waals surface area contributed by atoms with E-state index in [1.807, 2.05) is 19.2 Å². The lowest BCUT2D eigenvalue weighted by Gasteiger charge is -2.02. The van der Waals surface area contributed by atoms with Crippen LogP contribution in [-0.4, -0.2) is 14.7 Å². The van der Waals surface area contributed by atoms with E-state index in [0.717, 1.165) is 27.9 Å². The number of benzene rings is 1. The molecular formula is C13H12N2O2S. The maximum Gasteiger partial charge on any atom is 0.307 e. The van der Waals surface area contributed by atoms with E-state index in [1.165, 1.54) is 0 Å². The van der Waals surface area contributed by atoms with E-state index in [-0.39, 0.29) is 10.8 Å². The van der Waals surface area contributed by atoms with Gasteiger partial charge in [0.1, 0.15) is 0 Å². The zero-order valence-electron chi connectivity index (χ0n) is 9.80. The maximum absolute atomic E-state index is 11.2. The van der Waals surface area contributed by atoms with Crippen LogP contribution in [0, 0.1) is 0 Å². The first-order valence-corrected chi connectivity index (χ1v) is 6.41. The van der Waals surface area contributed by atoms with Gasteiger partial charge in [0.15, 0.2) is 0 Å². The molecule has 4 nitrogen and oxygen atoms in total.